The molecule has 0 amide bonds. The standard InChI is InChI=1S/C28H24ClF3N2O3S/c1-19(26-10-6-23(30)15-21(26)12-14-37-18-20-3-2-13-33-17-20)34(28-16-24(31)7-11-27(28)32)38(35,36)25-8-4-22(29)5-9-25/h2-11,13,15-17,19H,12,14,18H2,1H3/t19-/m1/s1. The number of sulfonamides is 1. The first-order valence-corrected chi connectivity index (χ1v) is 13.5. The molecule has 1 atom stereocenters. The van der Waals surface area contributed by atoms with Gasteiger partial charge in [0.1, 0.15) is 17.5 Å². The number of ether oxygens (including phenoxy) is 1. The van der Waals surface area contributed by atoms with Crippen LogP contribution in [0.5, 0.6) is 0 Å². The number of nitrogens with zero attached hydrogens (tertiary/aromatic N) is 2. The quantitative estimate of drug-likeness (QED) is 0.199. The minimum atomic E-state index is -4.41. The normalized spacial score (nSPS) is 12.3. The molecule has 38 heavy (non-hydrogen) atoms. The van der Waals surface area contributed by atoms with Gasteiger partial charge < -0.3 is 4.74 Å². The van der Waals surface area contributed by atoms with E-state index < -0.39 is 39.2 Å². The highest BCUT2D eigenvalue weighted by Gasteiger charge is 2.33. The third-order valence-corrected chi connectivity index (χ3v) is 8.08. The highest BCUT2D eigenvalue weighted by molar-refractivity contribution is 7.92. The van der Waals surface area contributed by atoms with E-state index in [1.807, 2.05) is 6.07 Å². The number of benzene rings is 3. The summed E-state index contributed by atoms with van der Waals surface area (Å²) in [5, 5.41) is 0.313. The molecule has 0 aliphatic rings. The van der Waals surface area contributed by atoms with Crippen LogP contribution < -0.4 is 4.31 Å². The largest absolute Gasteiger partial charge is 0.376 e. The Morgan fingerprint density at radius 1 is 0.974 bits per heavy atom. The lowest BCUT2D eigenvalue weighted by Gasteiger charge is -2.32. The van der Waals surface area contributed by atoms with E-state index in [1.54, 1.807) is 18.5 Å². The third kappa shape index (κ3) is 6.35. The summed E-state index contributed by atoms with van der Waals surface area (Å²) in [5.41, 5.74) is 1.27. The zero-order chi connectivity index (χ0) is 27.3. The summed E-state index contributed by atoms with van der Waals surface area (Å²) in [6.07, 6.45) is 3.57. The first-order chi connectivity index (χ1) is 18.2. The summed E-state index contributed by atoms with van der Waals surface area (Å²) < 4.78 is 77.6. The van der Waals surface area contributed by atoms with Crippen molar-refractivity contribution >= 4 is 27.3 Å². The molecule has 0 spiro atoms. The van der Waals surface area contributed by atoms with Crippen molar-refractivity contribution in [1.29, 1.82) is 0 Å². The van der Waals surface area contributed by atoms with Crippen molar-refractivity contribution < 1.29 is 26.3 Å². The first-order valence-electron chi connectivity index (χ1n) is 11.7. The van der Waals surface area contributed by atoms with Crippen LogP contribution in [0.15, 0.2) is 90.1 Å². The van der Waals surface area contributed by atoms with Crippen LogP contribution in [0.2, 0.25) is 5.02 Å². The van der Waals surface area contributed by atoms with Crippen LogP contribution in [0.4, 0.5) is 18.9 Å². The van der Waals surface area contributed by atoms with Gasteiger partial charge in [-0.1, -0.05) is 23.7 Å². The van der Waals surface area contributed by atoms with E-state index in [0.717, 1.165) is 28.1 Å². The molecule has 0 saturated carbocycles. The topological polar surface area (TPSA) is 59.5 Å². The molecule has 0 bridgehead atoms. The molecule has 1 heterocycles. The Morgan fingerprint density at radius 2 is 1.68 bits per heavy atom. The van der Waals surface area contributed by atoms with Crippen LogP contribution in [0.3, 0.4) is 0 Å². The highest BCUT2D eigenvalue weighted by atomic mass is 35.5. The van der Waals surface area contributed by atoms with E-state index in [4.69, 9.17) is 16.3 Å². The minimum absolute atomic E-state index is 0.166. The Labute approximate surface area is 224 Å². The number of hydrogen-bond acceptors (Lipinski definition) is 4. The summed E-state index contributed by atoms with van der Waals surface area (Å²) in [4.78, 5) is 3.86. The molecule has 0 saturated heterocycles. The van der Waals surface area contributed by atoms with Crippen molar-refractivity contribution in [3.05, 3.63) is 124 Å². The Kier molecular flexibility index (Phi) is 8.71. The van der Waals surface area contributed by atoms with Crippen LogP contribution in [-0.2, 0) is 27.8 Å². The number of anilines is 1. The van der Waals surface area contributed by atoms with Gasteiger partial charge in [-0.2, -0.15) is 0 Å². The van der Waals surface area contributed by atoms with E-state index in [9.17, 15) is 17.2 Å². The summed E-state index contributed by atoms with van der Waals surface area (Å²) in [7, 11) is -4.41. The summed E-state index contributed by atoms with van der Waals surface area (Å²) in [6.45, 7) is 2.03. The number of rotatable bonds is 10. The molecule has 1 aromatic heterocycles. The van der Waals surface area contributed by atoms with Crippen molar-refractivity contribution in [2.75, 3.05) is 10.9 Å². The maximum absolute atomic E-state index is 15.0. The Bertz CT molecular complexity index is 1500. The first kappa shape index (κ1) is 27.6. The second-order valence-electron chi connectivity index (χ2n) is 8.53. The zero-order valence-corrected chi connectivity index (χ0v) is 21.9. The molecule has 0 N–H and O–H groups in total. The molecule has 0 unspecified atom stereocenters. The number of aromatic nitrogens is 1. The molecule has 4 rings (SSSR count). The van der Waals surface area contributed by atoms with Gasteiger partial charge in [0.15, 0.2) is 0 Å². The van der Waals surface area contributed by atoms with E-state index in [1.165, 1.54) is 49.4 Å². The molecule has 0 aliphatic heterocycles. The monoisotopic (exact) mass is 560 g/mol. The number of hydrogen-bond donors (Lipinski definition) is 0. The van der Waals surface area contributed by atoms with Crippen molar-refractivity contribution in [2.45, 2.75) is 30.9 Å². The lowest BCUT2D eigenvalue weighted by Crippen LogP contribution is -2.35. The second kappa shape index (κ2) is 12.0. The van der Waals surface area contributed by atoms with Gasteiger partial charge in [-0.25, -0.2) is 21.6 Å². The second-order valence-corrected chi connectivity index (χ2v) is 10.8. The predicted molar refractivity (Wildman–Crippen MR) is 140 cm³/mol. The van der Waals surface area contributed by atoms with Gasteiger partial charge in [0.2, 0.25) is 0 Å². The smallest absolute Gasteiger partial charge is 0.264 e. The molecule has 10 heteroatoms. The van der Waals surface area contributed by atoms with E-state index >= 15 is 4.39 Å². The fraction of sp³-hybridized carbons (Fsp3) is 0.179. The zero-order valence-electron chi connectivity index (χ0n) is 20.3. The maximum Gasteiger partial charge on any atom is 0.264 e. The average Bonchev–Trinajstić information content (AvgIpc) is 2.89. The number of halogens is 4. The Hall–Kier alpha value is -3.40. The molecule has 198 valence electrons. The molecular weight excluding hydrogens is 537 g/mol. The van der Waals surface area contributed by atoms with Gasteiger partial charge in [-0.3, -0.25) is 9.29 Å². The van der Waals surface area contributed by atoms with E-state index in [0.29, 0.717) is 22.8 Å². The van der Waals surface area contributed by atoms with Gasteiger partial charge in [0.25, 0.3) is 10.0 Å². The van der Waals surface area contributed by atoms with Gasteiger partial charge in [-0.15, -0.1) is 0 Å². The fourth-order valence-corrected chi connectivity index (χ4v) is 5.86. The third-order valence-electron chi connectivity index (χ3n) is 5.93. The highest BCUT2D eigenvalue weighted by Crippen LogP contribution is 2.37. The van der Waals surface area contributed by atoms with Crippen LogP contribution in [0.1, 0.15) is 29.7 Å². The van der Waals surface area contributed by atoms with Gasteiger partial charge >= 0.3 is 0 Å². The minimum Gasteiger partial charge on any atom is -0.376 e. The van der Waals surface area contributed by atoms with E-state index in [-0.39, 0.29) is 17.9 Å². The molecule has 5 nitrogen and oxygen atoms in total. The lowest BCUT2D eigenvalue weighted by molar-refractivity contribution is 0.123. The van der Waals surface area contributed by atoms with Crippen molar-refractivity contribution in [1.82, 2.24) is 4.98 Å². The predicted octanol–water partition coefficient (Wildman–Crippen LogP) is 6.87. The SMILES string of the molecule is C[C@H](c1ccc(F)cc1CCOCc1cccnc1)N(c1cc(F)ccc1F)S(=O)(=O)c1ccc(Cl)cc1. The van der Waals surface area contributed by atoms with Gasteiger partial charge in [0.05, 0.1) is 29.8 Å². The van der Waals surface area contributed by atoms with Crippen molar-refractivity contribution in [3.63, 3.8) is 0 Å². The van der Waals surface area contributed by atoms with Crippen LogP contribution >= 0.6 is 11.6 Å². The van der Waals surface area contributed by atoms with Crippen molar-refractivity contribution in [2.24, 2.45) is 0 Å². The maximum atomic E-state index is 15.0. The van der Waals surface area contributed by atoms with Crippen LogP contribution in [0, 0.1) is 17.5 Å². The van der Waals surface area contributed by atoms with Crippen LogP contribution in [-0.4, -0.2) is 20.0 Å². The van der Waals surface area contributed by atoms with Gasteiger partial charge in [0, 0.05) is 23.5 Å². The average molecular weight is 561 g/mol. The van der Waals surface area contributed by atoms with Gasteiger partial charge in [-0.05, 0) is 84.6 Å². The summed E-state index contributed by atoms with van der Waals surface area (Å²) in [6, 6.07) is 14.5. The van der Waals surface area contributed by atoms with Crippen molar-refractivity contribution in [3.8, 4) is 0 Å². The molecule has 3 aromatic carbocycles. The molecule has 4 aromatic rings. The van der Waals surface area contributed by atoms with E-state index in [2.05, 4.69) is 4.98 Å². The molecular formula is C28H24ClF3N2O3S. The van der Waals surface area contributed by atoms with Crippen LogP contribution in [0.25, 0.3) is 0 Å². The summed E-state index contributed by atoms with van der Waals surface area (Å²) in [5.74, 6) is -2.26. The fourth-order valence-electron chi connectivity index (χ4n) is 4.10. The summed E-state index contributed by atoms with van der Waals surface area (Å²) >= 11 is 5.93. The Balaban J connectivity index is 1.71. The Morgan fingerprint density at radius 3 is 2.39 bits per heavy atom. The molecule has 0 fully saturated rings. The molecule has 0 radical (unpaired) electrons. The molecule has 0 aliphatic carbocycles. The number of pyridine rings is 1. The lowest BCUT2D eigenvalue weighted by atomic mass is 9.98.